The van der Waals surface area contributed by atoms with Gasteiger partial charge in [-0.25, -0.2) is 14.5 Å². The molecule has 10 nitrogen and oxygen atoms in total. The van der Waals surface area contributed by atoms with Gasteiger partial charge in [-0.05, 0) is 61.7 Å². The van der Waals surface area contributed by atoms with Crippen molar-refractivity contribution in [3.05, 3.63) is 102 Å². The molecule has 0 bridgehead atoms. The average molecular weight is 593 g/mol. The number of aromatic nitrogens is 3. The molecule has 2 heterocycles. The normalized spacial score (nSPS) is 10.9. The predicted molar refractivity (Wildman–Crippen MR) is 173 cm³/mol. The van der Waals surface area contributed by atoms with Gasteiger partial charge in [-0.3, -0.25) is 10.1 Å². The van der Waals surface area contributed by atoms with Crippen LogP contribution in [0.3, 0.4) is 0 Å². The number of aliphatic hydroxyl groups excluding tert-OH is 1. The molecule has 0 atom stereocenters. The number of pyridine rings is 1. The number of amides is 3. The first kappa shape index (κ1) is 30.2. The number of aryl methyl sites for hydroxylation is 2. The first-order valence-electron chi connectivity index (χ1n) is 14.7. The minimum atomic E-state index is -0.604. The maximum absolute atomic E-state index is 13.3. The average Bonchev–Trinajstić information content (AvgIpc) is 3.43. The number of urea groups is 1. The van der Waals surface area contributed by atoms with E-state index in [2.05, 4.69) is 27.9 Å². The van der Waals surface area contributed by atoms with Gasteiger partial charge < -0.3 is 20.5 Å². The third-order valence-electron chi connectivity index (χ3n) is 7.08. The van der Waals surface area contributed by atoms with Gasteiger partial charge in [0.25, 0.3) is 5.91 Å². The number of carbonyl (C=O) groups excluding carboxylic acids is 2. The van der Waals surface area contributed by atoms with E-state index in [4.69, 9.17) is 14.9 Å². The van der Waals surface area contributed by atoms with Gasteiger partial charge in [-0.15, -0.1) is 0 Å². The number of anilines is 3. The Labute approximate surface area is 256 Å². The first-order valence-corrected chi connectivity index (χ1v) is 14.7. The molecule has 0 aliphatic heterocycles. The third-order valence-corrected chi connectivity index (χ3v) is 7.08. The molecule has 0 spiro atoms. The summed E-state index contributed by atoms with van der Waals surface area (Å²) < 4.78 is 7.91. The molecular weight excluding hydrogens is 556 g/mol. The predicted octanol–water partition coefficient (Wildman–Crippen LogP) is 6.27. The van der Waals surface area contributed by atoms with Gasteiger partial charge in [0, 0.05) is 29.5 Å². The maximum atomic E-state index is 13.3. The lowest BCUT2D eigenvalue weighted by atomic mass is 10.1. The highest BCUT2D eigenvalue weighted by molar-refractivity contribution is 6.07. The van der Waals surface area contributed by atoms with Crippen LogP contribution in [0.25, 0.3) is 16.5 Å². The Balaban J connectivity index is 1.29. The van der Waals surface area contributed by atoms with Crippen molar-refractivity contribution in [1.29, 1.82) is 0 Å². The monoisotopic (exact) mass is 592 g/mol. The molecule has 0 saturated carbocycles. The highest BCUT2D eigenvalue weighted by Gasteiger charge is 2.15. The maximum Gasteiger partial charge on any atom is 0.324 e. The first-order chi connectivity index (χ1) is 21.4. The zero-order valence-corrected chi connectivity index (χ0v) is 24.8. The Morgan fingerprint density at radius 1 is 0.909 bits per heavy atom. The number of ether oxygens (including phenoxy) is 1. The van der Waals surface area contributed by atoms with Crippen LogP contribution in [0.15, 0.2) is 85.1 Å². The van der Waals surface area contributed by atoms with E-state index in [1.165, 1.54) is 0 Å². The molecule has 0 aliphatic rings. The molecule has 44 heavy (non-hydrogen) atoms. The summed E-state index contributed by atoms with van der Waals surface area (Å²) in [6.45, 7) is 3.96. The molecule has 0 unspecified atom stereocenters. The summed E-state index contributed by atoms with van der Waals surface area (Å²) in [4.78, 5) is 28.8. The van der Waals surface area contributed by atoms with Crippen LogP contribution in [-0.2, 0) is 17.6 Å². The largest absolute Gasteiger partial charge is 0.493 e. The number of carbonyl (C=O) groups is 2. The van der Waals surface area contributed by atoms with Crippen molar-refractivity contribution < 1.29 is 19.4 Å². The Hall–Kier alpha value is -5.22. The number of nitrogens with zero attached hydrogens (tertiary/aromatic N) is 3. The summed E-state index contributed by atoms with van der Waals surface area (Å²) in [6.07, 6.45) is 5.09. The fraction of sp³-hybridized carbons (Fsp3) is 0.235. The highest BCUT2D eigenvalue weighted by atomic mass is 16.5. The van der Waals surface area contributed by atoms with Gasteiger partial charge in [0.2, 0.25) is 0 Å². The van der Waals surface area contributed by atoms with E-state index < -0.39 is 12.5 Å². The van der Waals surface area contributed by atoms with Crippen molar-refractivity contribution in [3.8, 4) is 11.4 Å². The van der Waals surface area contributed by atoms with Crippen molar-refractivity contribution in [3.63, 3.8) is 0 Å². The lowest BCUT2D eigenvalue weighted by molar-refractivity contribution is -0.118. The zero-order valence-electron chi connectivity index (χ0n) is 24.8. The summed E-state index contributed by atoms with van der Waals surface area (Å²) in [7, 11) is 0. The van der Waals surface area contributed by atoms with Crippen LogP contribution in [0.2, 0.25) is 0 Å². The zero-order chi connectivity index (χ0) is 30.9. The van der Waals surface area contributed by atoms with Crippen molar-refractivity contribution in [2.75, 3.05) is 29.2 Å². The Kier molecular flexibility index (Phi) is 9.83. The molecule has 3 amide bonds. The Morgan fingerprint density at radius 2 is 1.70 bits per heavy atom. The molecule has 2 aromatic heterocycles. The van der Waals surface area contributed by atoms with E-state index in [1.54, 1.807) is 16.9 Å². The van der Waals surface area contributed by atoms with Crippen molar-refractivity contribution >= 4 is 40.0 Å². The summed E-state index contributed by atoms with van der Waals surface area (Å²) in [6, 6.07) is 24.6. The second kappa shape index (κ2) is 14.3. The van der Waals surface area contributed by atoms with Crippen LogP contribution in [0.5, 0.6) is 5.75 Å². The molecule has 0 aliphatic carbocycles. The van der Waals surface area contributed by atoms with Crippen LogP contribution in [0.1, 0.15) is 36.6 Å². The van der Waals surface area contributed by atoms with Gasteiger partial charge in [0.15, 0.2) is 0 Å². The number of rotatable bonds is 12. The molecule has 5 rings (SSSR count). The highest BCUT2D eigenvalue weighted by Crippen LogP contribution is 2.32. The standard InChI is InChI=1S/C34H36N6O4/c1-3-4-7-25-21-32(40(39-25)26-12-10-23(2)11-13-26)38-34(43)36-29-14-15-30(28-9-6-5-8-27(28)29)44-19-17-24-16-18-35-31(20-24)37-33(42)22-41/h5-6,8-16,18,20-21,41H,3-4,7,17,19,22H2,1-2H3,(H,35,37,42)(H2,36,38,43). The fourth-order valence-electron chi connectivity index (χ4n) is 4.82. The topological polar surface area (TPSA) is 130 Å². The summed E-state index contributed by atoms with van der Waals surface area (Å²) in [5.41, 5.74) is 4.52. The minimum absolute atomic E-state index is 0.374. The quantitative estimate of drug-likeness (QED) is 0.135. The third kappa shape index (κ3) is 7.59. The van der Waals surface area contributed by atoms with Crippen molar-refractivity contribution in [2.24, 2.45) is 0 Å². The second-order valence-electron chi connectivity index (χ2n) is 10.5. The van der Waals surface area contributed by atoms with Gasteiger partial charge in [0.05, 0.1) is 23.7 Å². The van der Waals surface area contributed by atoms with E-state index in [0.29, 0.717) is 36.1 Å². The van der Waals surface area contributed by atoms with Crippen LogP contribution >= 0.6 is 0 Å². The van der Waals surface area contributed by atoms with Gasteiger partial charge in [-0.2, -0.15) is 5.10 Å². The van der Waals surface area contributed by atoms with Crippen LogP contribution < -0.4 is 20.7 Å². The van der Waals surface area contributed by atoms with E-state index in [-0.39, 0.29) is 6.03 Å². The van der Waals surface area contributed by atoms with Gasteiger partial charge in [0.1, 0.15) is 24.0 Å². The molecule has 0 fully saturated rings. The number of hydrogen-bond donors (Lipinski definition) is 4. The molecule has 3 aromatic carbocycles. The van der Waals surface area contributed by atoms with E-state index >= 15 is 0 Å². The molecule has 226 valence electrons. The van der Waals surface area contributed by atoms with Gasteiger partial charge in [-0.1, -0.05) is 55.3 Å². The molecule has 10 heteroatoms. The van der Waals surface area contributed by atoms with Crippen LogP contribution in [0.4, 0.5) is 22.1 Å². The SMILES string of the molecule is CCCCc1cc(NC(=O)Nc2ccc(OCCc3ccnc(NC(=O)CO)c3)c3ccccc23)n(-c2ccc(C)cc2)n1. The number of fused-ring (bicyclic) bond motifs is 1. The fourth-order valence-corrected chi connectivity index (χ4v) is 4.82. The molecule has 0 saturated heterocycles. The summed E-state index contributed by atoms with van der Waals surface area (Å²) in [5.74, 6) is 1.14. The Morgan fingerprint density at radius 3 is 2.48 bits per heavy atom. The van der Waals surface area contributed by atoms with E-state index in [9.17, 15) is 9.59 Å². The lowest BCUT2D eigenvalue weighted by Crippen LogP contribution is -2.21. The molecule has 5 aromatic rings. The van der Waals surface area contributed by atoms with Crippen LogP contribution in [0, 0.1) is 6.92 Å². The number of unbranched alkanes of at least 4 members (excludes halogenated alkanes) is 1. The number of nitrogens with one attached hydrogen (secondary N) is 3. The summed E-state index contributed by atoms with van der Waals surface area (Å²) >= 11 is 0. The second-order valence-corrected chi connectivity index (χ2v) is 10.5. The Bertz CT molecular complexity index is 1750. The van der Waals surface area contributed by atoms with E-state index in [1.807, 2.05) is 79.7 Å². The number of aliphatic hydroxyl groups is 1. The smallest absolute Gasteiger partial charge is 0.324 e. The summed E-state index contributed by atoms with van der Waals surface area (Å²) in [5, 5.41) is 24.0. The molecular formula is C34H36N6O4. The lowest BCUT2D eigenvalue weighted by Gasteiger charge is -2.14. The molecule has 4 N–H and O–H groups in total. The van der Waals surface area contributed by atoms with Crippen molar-refractivity contribution in [2.45, 2.75) is 39.5 Å². The molecule has 0 radical (unpaired) electrons. The minimum Gasteiger partial charge on any atom is -0.493 e. The van der Waals surface area contributed by atoms with Gasteiger partial charge >= 0.3 is 6.03 Å². The van der Waals surface area contributed by atoms with E-state index in [0.717, 1.165) is 52.5 Å². The number of hydrogen-bond acceptors (Lipinski definition) is 6. The van der Waals surface area contributed by atoms with Crippen LogP contribution in [-0.4, -0.2) is 45.0 Å². The van der Waals surface area contributed by atoms with Crippen molar-refractivity contribution in [1.82, 2.24) is 14.8 Å². The number of benzene rings is 3.